The highest BCUT2D eigenvalue weighted by atomic mass is 16.3. The van der Waals surface area contributed by atoms with Gasteiger partial charge in [0.1, 0.15) is 0 Å². The van der Waals surface area contributed by atoms with Gasteiger partial charge in [0.2, 0.25) is 0 Å². The van der Waals surface area contributed by atoms with E-state index in [1.807, 2.05) is 0 Å². The molecular weight excluding hydrogens is 342 g/mol. The first kappa shape index (κ1) is 27.9. The molecule has 2 N–H and O–H groups in total. The van der Waals surface area contributed by atoms with E-state index >= 15 is 0 Å². The van der Waals surface area contributed by atoms with Gasteiger partial charge in [-0.05, 0) is 26.8 Å². The molecule has 0 fully saturated rings. The van der Waals surface area contributed by atoms with Crippen molar-refractivity contribution in [1.29, 1.82) is 0 Å². The molecule has 2 heteroatoms. The van der Waals surface area contributed by atoms with E-state index in [1.54, 1.807) is 0 Å². The van der Waals surface area contributed by atoms with Crippen molar-refractivity contribution in [2.45, 2.75) is 155 Å². The smallest absolute Gasteiger partial charge is 0.0607 e. The molecule has 0 rings (SSSR count). The lowest BCUT2D eigenvalue weighted by molar-refractivity contribution is 0.188. The maximum absolute atomic E-state index is 9.20. The third-order valence-corrected chi connectivity index (χ3v) is 6.03. The van der Waals surface area contributed by atoms with Gasteiger partial charge in [0.15, 0.2) is 0 Å². The van der Waals surface area contributed by atoms with Gasteiger partial charge in [0, 0.05) is 5.54 Å². The molecule has 0 aliphatic carbocycles. The molecule has 170 valence electrons. The molecule has 0 aromatic rings. The fourth-order valence-corrected chi connectivity index (χ4v) is 3.86. The van der Waals surface area contributed by atoms with Crippen molar-refractivity contribution in [2.75, 3.05) is 13.2 Å². The van der Waals surface area contributed by atoms with Crippen LogP contribution in [0.25, 0.3) is 0 Å². The molecule has 2 nitrogen and oxygen atoms in total. The zero-order chi connectivity index (χ0) is 20.8. The van der Waals surface area contributed by atoms with Crippen molar-refractivity contribution in [3.8, 4) is 0 Å². The number of nitrogens with one attached hydrogen (secondary N) is 1. The highest BCUT2D eigenvalue weighted by Crippen LogP contribution is 2.14. The van der Waals surface area contributed by atoms with Crippen LogP contribution in [0.3, 0.4) is 0 Å². The van der Waals surface area contributed by atoms with Crippen LogP contribution in [0.5, 0.6) is 0 Å². The Balaban J connectivity index is 3.05. The highest BCUT2D eigenvalue weighted by Gasteiger charge is 2.13. The summed E-state index contributed by atoms with van der Waals surface area (Å²) in [6.07, 6.45) is 28.6. The lowest BCUT2D eigenvalue weighted by Gasteiger charge is -2.23. The molecule has 0 heterocycles. The fourth-order valence-electron chi connectivity index (χ4n) is 3.86. The van der Waals surface area contributed by atoms with E-state index in [0.717, 1.165) is 6.54 Å². The molecular formula is C26H55NO. The molecule has 0 spiro atoms. The Labute approximate surface area is 178 Å². The van der Waals surface area contributed by atoms with Crippen LogP contribution in [0.15, 0.2) is 0 Å². The maximum Gasteiger partial charge on any atom is 0.0607 e. The van der Waals surface area contributed by atoms with E-state index in [4.69, 9.17) is 0 Å². The topological polar surface area (TPSA) is 32.3 Å². The van der Waals surface area contributed by atoms with Crippen LogP contribution in [-0.2, 0) is 0 Å². The Morgan fingerprint density at radius 3 is 1.07 bits per heavy atom. The van der Waals surface area contributed by atoms with Gasteiger partial charge in [0.05, 0.1) is 6.61 Å². The second-order valence-electron chi connectivity index (χ2n) is 9.69. The third-order valence-electron chi connectivity index (χ3n) is 6.03. The zero-order valence-corrected chi connectivity index (χ0v) is 20.0. The summed E-state index contributed by atoms with van der Waals surface area (Å²) < 4.78 is 0. The summed E-state index contributed by atoms with van der Waals surface area (Å²) >= 11 is 0. The van der Waals surface area contributed by atoms with Crippen LogP contribution in [0.4, 0.5) is 0 Å². The first-order chi connectivity index (χ1) is 13.6. The van der Waals surface area contributed by atoms with Gasteiger partial charge < -0.3 is 10.4 Å². The Hall–Kier alpha value is -0.0800. The lowest BCUT2D eigenvalue weighted by Crippen LogP contribution is -2.43. The Bertz CT molecular complexity index is 290. The summed E-state index contributed by atoms with van der Waals surface area (Å²) in [5.41, 5.74) is -0.117. The minimum Gasteiger partial charge on any atom is -0.394 e. The molecule has 0 aromatic heterocycles. The van der Waals surface area contributed by atoms with Gasteiger partial charge >= 0.3 is 0 Å². The van der Waals surface area contributed by atoms with E-state index in [2.05, 4.69) is 26.1 Å². The normalized spacial score (nSPS) is 12.0. The summed E-state index contributed by atoms with van der Waals surface area (Å²) in [7, 11) is 0. The van der Waals surface area contributed by atoms with Crippen molar-refractivity contribution in [2.24, 2.45) is 0 Å². The van der Waals surface area contributed by atoms with Crippen molar-refractivity contribution in [3.05, 3.63) is 0 Å². The first-order valence-corrected chi connectivity index (χ1v) is 13.0. The van der Waals surface area contributed by atoms with Gasteiger partial charge in [-0.25, -0.2) is 0 Å². The van der Waals surface area contributed by atoms with Crippen LogP contribution >= 0.6 is 0 Å². The maximum atomic E-state index is 9.20. The molecule has 0 unspecified atom stereocenters. The number of unbranched alkanes of at least 4 members (excludes halogenated alkanes) is 19. The van der Waals surface area contributed by atoms with Crippen LogP contribution < -0.4 is 5.32 Å². The van der Waals surface area contributed by atoms with E-state index < -0.39 is 0 Å². The number of rotatable bonds is 23. The molecule has 0 atom stereocenters. The number of hydrogen-bond acceptors (Lipinski definition) is 2. The number of hydrogen-bond donors (Lipinski definition) is 2. The molecule has 0 aliphatic heterocycles. The fraction of sp³-hybridized carbons (Fsp3) is 1.00. The second-order valence-corrected chi connectivity index (χ2v) is 9.69. The van der Waals surface area contributed by atoms with Gasteiger partial charge in [0.25, 0.3) is 0 Å². The van der Waals surface area contributed by atoms with Crippen molar-refractivity contribution in [3.63, 3.8) is 0 Å². The van der Waals surface area contributed by atoms with Crippen LogP contribution in [0.1, 0.15) is 149 Å². The zero-order valence-electron chi connectivity index (χ0n) is 20.0. The van der Waals surface area contributed by atoms with Gasteiger partial charge in [-0.1, -0.05) is 129 Å². The molecule has 0 amide bonds. The molecule has 28 heavy (non-hydrogen) atoms. The molecule has 0 aromatic carbocycles. The van der Waals surface area contributed by atoms with Gasteiger partial charge in [-0.15, -0.1) is 0 Å². The highest BCUT2D eigenvalue weighted by molar-refractivity contribution is 4.75. The standard InChI is InChI=1S/C26H55NO/c1-4-5-6-7-8-9-10-11-12-13-14-15-16-17-18-19-20-21-22-23-24-27-26(2,3)25-28/h27-28H,4-25H2,1-3H3. The minimum atomic E-state index is -0.117. The quantitative estimate of drug-likeness (QED) is 0.170. The second kappa shape index (κ2) is 21.6. The van der Waals surface area contributed by atoms with Crippen molar-refractivity contribution >= 4 is 0 Å². The monoisotopic (exact) mass is 397 g/mol. The SMILES string of the molecule is CCCCCCCCCCCCCCCCCCCCCCNC(C)(C)CO. The molecule has 0 aliphatic rings. The molecule has 0 radical (unpaired) electrons. The predicted molar refractivity (Wildman–Crippen MR) is 127 cm³/mol. The van der Waals surface area contributed by atoms with E-state index in [1.165, 1.54) is 128 Å². The van der Waals surface area contributed by atoms with Gasteiger partial charge in [-0.3, -0.25) is 0 Å². The summed E-state index contributed by atoms with van der Waals surface area (Å²) in [4.78, 5) is 0. The lowest BCUT2D eigenvalue weighted by atomic mass is 10.0. The average molecular weight is 398 g/mol. The summed E-state index contributed by atoms with van der Waals surface area (Å²) in [6, 6.07) is 0. The van der Waals surface area contributed by atoms with Crippen LogP contribution in [0, 0.1) is 0 Å². The third kappa shape index (κ3) is 22.2. The van der Waals surface area contributed by atoms with Crippen LogP contribution in [-0.4, -0.2) is 23.8 Å². The summed E-state index contributed by atoms with van der Waals surface area (Å²) in [5, 5.41) is 12.6. The van der Waals surface area contributed by atoms with E-state index in [0.29, 0.717) is 0 Å². The molecule has 0 bridgehead atoms. The minimum absolute atomic E-state index is 0.117. The Morgan fingerprint density at radius 2 is 0.786 bits per heavy atom. The summed E-state index contributed by atoms with van der Waals surface area (Å²) in [5.74, 6) is 0. The van der Waals surface area contributed by atoms with Crippen LogP contribution in [0.2, 0.25) is 0 Å². The summed E-state index contributed by atoms with van der Waals surface area (Å²) in [6.45, 7) is 7.66. The molecule has 0 saturated heterocycles. The van der Waals surface area contributed by atoms with E-state index in [-0.39, 0.29) is 12.1 Å². The van der Waals surface area contributed by atoms with E-state index in [9.17, 15) is 5.11 Å². The number of aliphatic hydroxyl groups is 1. The Kier molecular flexibility index (Phi) is 21.6. The van der Waals surface area contributed by atoms with Gasteiger partial charge in [-0.2, -0.15) is 0 Å². The number of aliphatic hydroxyl groups excluding tert-OH is 1. The Morgan fingerprint density at radius 1 is 0.500 bits per heavy atom. The molecule has 0 saturated carbocycles. The van der Waals surface area contributed by atoms with Crippen molar-refractivity contribution in [1.82, 2.24) is 5.32 Å². The largest absolute Gasteiger partial charge is 0.394 e. The predicted octanol–water partition coefficient (Wildman–Crippen LogP) is 8.17. The van der Waals surface area contributed by atoms with Crippen molar-refractivity contribution < 1.29 is 5.11 Å². The average Bonchev–Trinajstić information content (AvgIpc) is 2.69. The first-order valence-electron chi connectivity index (χ1n) is 13.0.